The Kier molecular flexibility index (Phi) is 7.14. The molecule has 1 aliphatic heterocycles. The Hall–Kier alpha value is -2.46. The van der Waals surface area contributed by atoms with Crippen molar-refractivity contribution in [1.29, 1.82) is 0 Å². The molecule has 3 amide bonds. The number of anilines is 1. The third-order valence-electron chi connectivity index (χ3n) is 4.33. The number of hydrogen-bond acceptors (Lipinski definition) is 6. The number of nitrogens with zero attached hydrogens (tertiary/aromatic N) is 2. The summed E-state index contributed by atoms with van der Waals surface area (Å²) in [4.78, 5) is 39.2. The van der Waals surface area contributed by atoms with Crippen LogP contribution in [0.15, 0.2) is 29.2 Å². The van der Waals surface area contributed by atoms with Crippen molar-refractivity contribution in [2.45, 2.75) is 24.7 Å². The van der Waals surface area contributed by atoms with Gasteiger partial charge in [-0.25, -0.2) is 13.1 Å². The van der Waals surface area contributed by atoms with Crippen LogP contribution in [0.2, 0.25) is 0 Å². The van der Waals surface area contributed by atoms with Crippen LogP contribution in [0.25, 0.3) is 0 Å². The number of benzene rings is 1. The first kappa shape index (κ1) is 21.8. The molecule has 1 aromatic carbocycles. The molecule has 1 unspecified atom stereocenters. The Balaban J connectivity index is 1.92. The summed E-state index contributed by atoms with van der Waals surface area (Å²) >= 11 is 0. The van der Waals surface area contributed by atoms with Gasteiger partial charge in [0, 0.05) is 32.1 Å². The Morgan fingerprint density at radius 1 is 1.21 bits per heavy atom. The third kappa shape index (κ3) is 6.03. The fourth-order valence-electron chi connectivity index (χ4n) is 2.95. The Bertz CT molecular complexity index is 836. The van der Waals surface area contributed by atoms with Crippen molar-refractivity contribution >= 4 is 33.4 Å². The third-order valence-corrected chi connectivity index (χ3v) is 5.78. The Morgan fingerprint density at radius 2 is 1.86 bits per heavy atom. The molecule has 0 spiro atoms. The van der Waals surface area contributed by atoms with E-state index in [-0.39, 0.29) is 23.1 Å². The highest BCUT2D eigenvalue weighted by molar-refractivity contribution is 7.90. The smallest absolute Gasteiger partial charge is 0.264 e. The summed E-state index contributed by atoms with van der Waals surface area (Å²) in [5, 5.41) is 2.71. The first-order valence-electron chi connectivity index (χ1n) is 8.95. The molecule has 1 aliphatic rings. The second kappa shape index (κ2) is 9.16. The van der Waals surface area contributed by atoms with E-state index >= 15 is 0 Å². The minimum atomic E-state index is -3.92. The quantitative estimate of drug-likeness (QED) is 0.635. The lowest BCUT2D eigenvalue weighted by molar-refractivity contribution is -0.128. The summed E-state index contributed by atoms with van der Waals surface area (Å²) in [5.74, 6) is -1.43. The van der Waals surface area contributed by atoms with Crippen LogP contribution < -0.4 is 10.0 Å². The molecule has 0 radical (unpaired) electrons. The average molecular weight is 410 g/mol. The van der Waals surface area contributed by atoms with Crippen LogP contribution in [-0.2, 0) is 24.4 Å². The topological polar surface area (TPSA) is 116 Å². The minimum absolute atomic E-state index is 0.0318. The zero-order chi connectivity index (χ0) is 20.9. The summed E-state index contributed by atoms with van der Waals surface area (Å²) in [6.45, 7) is 2.98. The second-order valence-corrected chi connectivity index (χ2v) is 8.76. The highest BCUT2D eigenvalue weighted by Gasteiger charge is 2.34. The van der Waals surface area contributed by atoms with Gasteiger partial charge in [0.25, 0.3) is 10.0 Å². The summed E-state index contributed by atoms with van der Waals surface area (Å²) < 4.78 is 25.7. The molecular weight excluding hydrogens is 384 g/mol. The fourth-order valence-corrected chi connectivity index (χ4v) is 3.94. The summed E-state index contributed by atoms with van der Waals surface area (Å²) in [7, 11) is 0.0169. The summed E-state index contributed by atoms with van der Waals surface area (Å²) in [6.07, 6.45) is 1.01. The van der Waals surface area contributed by atoms with Crippen molar-refractivity contribution in [3.05, 3.63) is 24.3 Å². The van der Waals surface area contributed by atoms with Gasteiger partial charge in [0.05, 0.1) is 10.8 Å². The second-order valence-electron chi connectivity index (χ2n) is 7.07. The maximum absolute atomic E-state index is 12.4. The highest BCUT2D eigenvalue weighted by atomic mass is 32.2. The normalized spacial score (nSPS) is 17.1. The molecule has 0 aliphatic carbocycles. The fraction of sp³-hybridized carbons (Fsp3) is 0.500. The van der Waals surface area contributed by atoms with Crippen molar-refractivity contribution in [3.63, 3.8) is 0 Å². The molecule has 0 bridgehead atoms. The van der Waals surface area contributed by atoms with Crippen molar-refractivity contribution in [2.75, 3.05) is 39.0 Å². The van der Waals surface area contributed by atoms with Gasteiger partial charge in [-0.2, -0.15) is 0 Å². The van der Waals surface area contributed by atoms with E-state index in [1.165, 1.54) is 24.3 Å². The zero-order valence-electron chi connectivity index (χ0n) is 16.3. The Morgan fingerprint density at radius 3 is 2.43 bits per heavy atom. The van der Waals surface area contributed by atoms with Crippen LogP contribution in [0.1, 0.15) is 19.8 Å². The van der Waals surface area contributed by atoms with Crippen molar-refractivity contribution in [3.8, 4) is 0 Å². The van der Waals surface area contributed by atoms with Gasteiger partial charge in [-0.15, -0.1) is 0 Å². The van der Waals surface area contributed by atoms with Crippen LogP contribution in [0, 0.1) is 5.92 Å². The molecule has 9 nitrogen and oxygen atoms in total. The van der Waals surface area contributed by atoms with Crippen molar-refractivity contribution in [2.24, 2.45) is 5.92 Å². The van der Waals surface area contributed by atoms with Crippen LogP contribution in [0.5, 0.6) is 0 Å². The van der Waals surface area contributed by atoms with Gasteiger partial charge in [-0.05, 0) is 51.3 Å². The van der Waals surface area contributed by atoms with E-state index in [2.05, 4.69) is 5.32 Å². The highest BCUT2D eigenvalue weighted by Crippen LogP contribution is 2.21. The number of hydrogen-bond donors (Lipinski definition) is 2. The van der Waals surface area contributed by atoms with E-state index in [1.54, 1.807) is 4.90 Å². The standard InChI is InChI=1S/C18H26N4O5S/c1-13(23)20-28(26,27)16-7-5-15(6-8-16)19-18(25)14-11-17(24)22(12-14)10-4-9-21(2)3/h5-8,14H,4,9-12H2,1-3H3,(H,19,25)(H,20,23). The van der Waals surface area contributed by atoms with E-state index < -0.39 is 21.8 Å². The van der Waals surface area contributed by atoms with Crippen molar-refractivity contribution in [1.82, 2.24) is 14.5 Å². The summed E-state index contributed by atoms with van der Waals surface area (Å²) in [6, 6.07) is 5.49. The first-order valence-corrected chi connectivity index (χ1v) is 10.4. The number of amides is 3. The van der Waals surface area contributed by atoms with Gasteiger partial charge in [0.2, 0.25) is 17.7 Å². The number of likely N-dealkylation sites (tertiary alicyclic amines) is 1. The molecule has 10 heteroatoms. The lowest BCUT2D eigenvalue weighted by Crippen LogP contribution is -2.30. The lowest BCUT2D eigenvalue weighted by Gasteiger charge is -2.18. The van der Waals surface area contributed by atoms with Crippen LogP contribution >= 0.6 is 0 Å². The van der Waals surface area contributed by atoms with Gasteiger partial charge in [-0.3, -0.25) is 14.4 Å². The SMILES string of the molecule is CC(=O)NS(=O)(=O)c1ccc(NC(=O)C2CC(=O)N(CCCN(C)C)C2)cc1. The molecule has 154 valence electrons. The number of nitrogens with one attached hydrogen (secondary N) is 2. The molecule has 1 saturated heterocycles. The molecule has 1 aromatic rings. The van der Waals surface area contributed by atoms with E-state index in [9.17, 15) is 22.8 Å². The molecular formula is C18H26N4O5S. The maximum Gasteiger partial charge on any atom is 0.264 e. The number of sulfonamides is 1. The van der Waals surface area contributed by atoms with Crippen LogP contribution in [0.4, 0.5) is 5.69 Å². The molecule has 1 atom stereocenters. The van der Waals surface area contributed by atoms with E-state index in [0.29, 0.717) is 18.8 Å². The average Bonchev–Trinajstić information content (AvgIpc) is 2.95. The van der Waals surface area contributed by atoms with Gasteiger partial charge >= 0.3 is 0 Å². The molecule has 2 rings (SSSR count). The molecule has 1 fully saturated rings. The summed E-state index contributed by atoms with van der Waals surface area (Å²) in [5.41, 5.74) is 0.422. The van der Waals surface area contributed by atoms with Crippen LogP contribution in [-0.4, -0.2) is 69.7 Å². The molecule has 0 aromatic heterocycles. The van der Waals surface area contributed by atoms with Crippen LogP contribution in [0.3, 0.4) is 0 Å². The van der Waals surface area contributed by atoms with Gasteiger partial charge < -0.3 is 15.1 Å². The lowest BCUT2D eigenvalue weighted by atomic mass is 10.1. The van der Waals surface area contributed by atoms with E-state index in [4.69, 9.17) is 0 Å². The number of carbonyl (C=O) groups is 3. The molecule has 2 N–H and O–H groups in total. The molecule has 1 heterocycles. The number of carbonyl (C=O) groups excluding carboxylic acids is 3. The zero-order valence-corrected chi connectivity index (χ0v) is 17.1. The van der Waals surface area contributed by atoms with Gasteiger partial charge in [0.15, 0.2) is 0 Å². The predicted octanol–water partition coefficient (Wildman–Crippen LogP) is 0.250. The molecule has 28 heavy (non-hydrogen) atoms. The minimum Gasteiger partial charge on any atom is -0.342 e. The monoisotopic (exact) mass is 410 g/mol. The van der Waals surface area contributed by atoms with E-state index in [1.807, 2.05) is 23.7 Å². The first-order chi connectivity index (χ1) is 13.1. The molecule has 0 saturated carbocycles. The maximum atomic E-state index is 12.4. The predicted molar refractivity (Wildman–Crippen MR) is 104 cm³/mol. The Labute approximate surface area is 165 Å². The number of rotatable bonds is 8. The van der Waals surface area contributed by atoms with E-state index in [0.717, 1.165) is 19.9 Å². The van der Waals surface area contributed by atoms with Gasteiger partial charge in [-0.1, -0.05) is 0 Å². The van der Waals surface area contributed by atoms with Crippen molar-refractivity contribution < 1.29 is 22.8 Å². The largest absolute Gasteiger partial charge is 0.342 e. The van der Waals surface area contributed by atoms with Gasteiger partial charge in [0.1, 0.15) is 0 Å².